The second-order valence-corrected chi connectivity index (χ2v) is 4.66. The molecule has 1 aromatic heterocycles. The Balaban J connectivity index is 2.31. The molecule has 1 unspecified atom stereocenters. The zero-order valence-corrected chi connectivity index (χ0v) is 11.5. The fourth-order valence-corrected chi connectivity index (χ4v) is 1.90. The fraction of sp³-hybridized carbons (Fsp3) is 0.643. The number of alkyl halides is 1. The SMILES string of the molecule is CCCCCCC(C)Oc1ccnc(CCl)c1. The van der Waals surface area contributed by atoms with Gasteiger partial charge >= 0.3 is 0 Å². The van der Waals surface area contributed by atoms with E-state index in [1.54, 1.807) is 6.20 Å². The van der Waals surface area contributed by atoms with Crippen LogP contribution in [0.4, 0.5) is 0 Å². The monoisotopic (exact) mass is 255 g/mol. The van der Waals surface area contributed by atoms with Crippen molar-refractivity contribution < 1.29 is 4.74 Å². The quantitative estimate of drug-likeness (QED) is 0.502. The van der Waals surface area contributed by atoms with E-state index in [0.717, 1.165) is 17.9 Å². The third kappa shape index (κ3) is 5.92. The molecule has 0 fully saturated rings. The minimum absolute atomic E-state index is 0.262. The maximum absolute atomic E-state index is 5.84. The number of unbranched alkanes of at least 4 members (excludes halogenated alkanes) is 3. The molecule has 96 valence electrons. The number of hydrogen-bond acceptors (Lipinski definition) is 2. The topological polar surface area (TPSA) is 22.1 Å². The molecule has 0 amide bonds. The Labute approximate surface area is 109 Å². The van der Waals surface area contributed by atoms with Crippen LogP contribution in [0, 0.1) is 0 Å². The molecule has 0 aromatic carbocycles. The van der Waals surface area contributed by atoms with Crippen LogP contribution in [0.25, 0.3) is 0 Å². The van der Waals surface area contributed by atoms with E-state index >= 15 is 0 Å². The van der Waals surface area contributed by atoms with Crippen molar-refractivity contribution in [3.05, 3.63) is 24.0 Å². The highest BCUT2D eigenvalue weighted by Crippen LogP contribution is 2.16. The van der Waals surface area contributed by atoms with Gasteiger partial charge in [0.15, 0.2) is 0 Å². The maximum Gasteiger partial charge on any atom is 0.123 e. The van der Waals surface area contributed by atoms with Crippen molar-refractivity contribution in [2.75, 3.05) is 0 Å². The standard InChI is InChI=1S/C14H22ClNO/c1-3-4-5-6-7-12(2)17-14-8-9-16-13(10-14)11-15/h8-10,12H,3-7,11H2,1-2H3. The summed E-state index contributed by atoms with van der Waals surface area (Å²) in [6, 6.07) is 3.80. The minimum Gasteiger partial charge on any atom is -0.491 e. The van der Waals surface area contributed by atoms with Crippen LogP contribution in [-0.4, -0.2) is 11.1 Å². The van der Waals surface area contributed by atoms with Gasteiger partial charge in [-0.25, -0.2) is 0 Å². The van der Waals surface area contributed by atoms with Gasteiger partial charge in [-0.2, -0.15) is 0 Å². The Kier molecular flexibility index (Phi) is 7.02. The Morgan fingerprint density at radius 2 is 2.18 bits per heavy atom. The first-order chi connectivity index (χ1) is 8.26. The van der Waals surface area contributed by atoms with Crippen molar-refractivity contribution in [1.29, 1.82) is 0 Å². The second kappa shape index (κ2) is 8.35. The smallest absolute Gasteiger partial charge is 0.123 e. The number of hydrogen-bond donors (Lipinski definition) is 0. The Hall–Kier alpha value is -0.760. The molecule has 2 nitrogen and oxygen atoms in total. The third-order valence-corrected chi connectivity index (χ3v) is 3.00. The largest absolute Gasteiger partial charge is 0.491 e. The molecule has 17 heavy (non-hydrogen) atoms. The lowest BCUT2D eigenvalue weighted by Gasteiger charge is -2.14. The van der Waals surface area contributed by atoms with Gasteiger partial charge < -0.3 is 4.74 Å². The summed E-state index contributed by atoms with van der Waals surface area (Å²) in [5.74, 6) is 1.31. The number of rotatable bonds is 8. The minimum atomic E-state index is 0.262. The predicted molar refractivity (Wildman–Crippen MR) is 72.6 cm³/mol. The van der Waals surface area contributed by atoms with E-state index in [0.29, 0.717) is 5.88 Å². The molecule has 1 heterocycles. The van der Waals surface area contributed by atoms with Crippen LogP contribution in [0.3, 0.4) is 0 Å². The van der Waals surface area contributed by atoms with E-state index in [1.807, 2.05) is 12.1 Å². The first kappa shape index (κ1) is 14.3. The number of nitrogens with zero attached hydrogens (tertiary/aromatic N) is 1. The number of halogens is 1. The highest BCUT2D eigenvalue weighted by Gasteiger charge is 2.04. The highest BCUT2D eigenvalue weighted by atomic mass is 35.5. The van der Waals surface area contributed by atoms with Crippen LogP contribution < -0.4 is 4.74 Å². The molecular formula is C14H22ClNO. The van der Waals surface area contributed by atoms with Crippen LogP contribution in [0.15, 0.2) is 18.3 Å². The van der Waals surface area contributed by atoms with Crippen molar-refractivity contribution in [2.45, 2.75) is 57.9 Å². The van der Waals surface area contributed by atoms with E-state index in [9.17, 15) is 0 Å². The molecule has 1 aromatic rings. The molecule has 0 saturated heterocycles. The lowest BCUT2D eigenvalue weighted by molar-refractivity contribution is 0.206. The Morgan fingerprint density at radius 1 is 1.35 bits per heavy atom. The zero-order valence-electron chi connectivity index (χ0n) is 10.8. The van der Waals surface area contributed by atoms with Gasteiger partial charge in [-0.3, -0.25) is 4.98 Å². The van der Waals surface area contributed by atoms with Crippen LogP contribution in [0.1, 0.15) is 51.6 Å². The Morgan fingerprint density at radius 3 is 2.88 bits per heavy atom. The van der Waals surface area contributed by atoms with Crippen molar-refractivity contribution in [3.8, 4) is 5.75 Å². The summed E-state index contributed by atoms with van der Waals surface area (Å²) in [5, 5.41) is 0. The molecule has 0 aliphatic rings. The molecule has 0 saturated carbocycles. The van der Waals surface area contributed by atoms with Gasteiger partial charge in [0.1, 0.15) is 5.75 Å². The molecule has 3 heteroatoms. The van der Waals surface area contributed by atoms with E-state index in [4.69, 9.17) is 16.3 Å². The number of ether oxygens (including phenoxy) is 1. The molecule has 0 aliphatic heterocycles. The average molecular weight is 256 g/mol. The summed E-state index contributed by atoms with van der Waals surface area (Å²) >= 11 is 5.74. The van der Waals surface area contributed by atoms with Gasteiger partial charge in [0.25, 0.3) is 0 Å². The van der Waals surface area contributed by atoms with E-state index in [2.05, 4.69) is 18.8 Å². The van der Waals surface area contributed by atoms with Gasteiger partial charge in [0.05, 0.1) is 17.7 Å². The molecule has 0 radical (unpaired) electrons. The lowest BCUT2D eigenvalue weighted by Crippen LogP contribution is -2.11. The molecular weight excluding hydrogens is 234 g/mol. The first-order valence-corrected chi connectivity index (χ1v) is 6.97. The van der Waals surface area contributed by atoms with Gasteiger partial charge in [-0.15, -0.1) is 11.6 Å². The summed E-state index contributed by atoms with van der Waals surface area (Å²) < 4.78 is 5.84. The first-order valence-electron chi connectivity index (χ1n) is 6.43. The third-order valence-electron chi connectivity index (χ3n) is 2.73. The predicted octanol–water partition coefficient (Wildman–Crippen LogP) is 4.56. The summed E-state index contributed by atoms with van der Waals surface area (Å²) in [5.41, 5.74) is 0.863. The van der Waals surface area contributed by atoms with Gasteiger partial charge in [0, 0.05) is 12.3 Å². The Bertz CT molecular complexity index is 317. The van der Waals surface area contributed by atoms with Crippen molar-refractivity contribution in [2.24, 2.45) is 0 Å². The van der Waals surface area contributed by atoms with Crippen LogP contribution >= 0.6 is 11.6 Å². The van der Waals surface area contributed by atoms with E-state index < -0.39 is 0 Å². The molecule has 0 spiro atoms. The second-order valence-electron chi connectivity index (χ2n) is 4.39. The number of pyridine rings is 1. The highest BCUT2D eigenvalue weighted by molar-refractivity contribution is 6.16. The van der Waals surface area contributed by atoms with E-state index in [-0.39, 0.29) is 6.10 Å². The van der Waals surface area contributed by atoms with E-state index in [1.165, 1.54) is 25.7 Å². The van der Waals surface area contributed by atoms with Crippen molar-refractivity contribution >= 4 is 11.6 Å². The van der Waals surface area contributed by atoms with Crippen molar-refractivity contribution in [1.82, 2.24) is 4.98 Å². The van der Waals surface area contributed by atoms with Crippen molar-refractivity contribution in [3.63, 3.8) is 0 Å². The van der Waals surface area contributed by atoms with Crippen LogP contribution in [0.5, 0.6) is 5.75 Å². The molecule has 1 rings (SSSR count). The summed E-state index contributed by atoms with van der Waals surface area (Å²) in [6.07, 6.45) is 8.25. The van der Waals surface area contributed by atoms with Crippen LogP contribution in [-0.2, 0) is 5.88 Å². The van der Waals surface area contributed by atoms with Gasteiger partial charge in [0.2, 0.25) is 0 Å². The fourth-order valence-electron chi connectivity index (χ4n) is 1.75. The average Bonchev–Trinajstić information content (AvgIpc) is 2.35. The zero-order chi connectivity index (χ0) is 12.5. The van der Waals surface area contributed by atoms with Crippen LogP contribution in [0.2, 0.25) is 0 Å². The number of aromatic nitrogens is 1. The summed E-state index contributed by atoms with van der Waals surface area (Å²) in [7, 11) is 0. The molecule has 0 aliphatic carbocycles. The van der Waals surface area contributed by atoms with Gasteiger partial charge in [-0.1, -0.05) is 26.2 Å². The normalized spacial score (nSPS) is 12.4. The molecule has 1 atom stereocenters. The summed E-state index contributed by atoms with van der Waals surface area (Å²) in [4.78, 5) is 4.14. The maximum atomic E-state index is 5.84. The molecule has 0 N–H and O–H groups in total. The summed E-state index contributed by atoms with van der Waals surface area (Å²) in [6.45, 7) is 4.34. The van der Waals surface area contributed by atoms with Gasteiger partial charge in [-0.05, 0) is 25.8 Å². The lowest BCUT2D eigenvalue weighted by atomic mass is 10.1. The molecule has 0 bridgehead atoms.